The van der Waals surface area contributed by atoms with Crippen molar-refractivity contribution in [2.24, 2.45) is 0 Å². The molecule has 138 valence electrons. The number of aromatic amines is 1. The average molecular weight is 357 g/mol. The van der Waals surface area contributed by atoms with E-state index in [9.17, 15) is 9.90 Å². The van der Waals surface area contributed by atoms with Crippen LogP contribution in [-0.4, -0.2) is 64.6 Å². The van der Waals surface area contributed by atoms with Gasteiger partial charge in [-0.3, -0.25) is 9.89 Å². The minimum Gasteiger partial charge on any atom is -0.490 e. The summed E-state index contributed by atoms with van der Waals surface area (Å²) in [6, 6.07) is 9.31. The predicted molar refractivity (Wildman–Crippen MR) is 94.2 cm³/mol. The maximum absolute atomic E-state index is 13.0. The molecule has 0 saturated carbocycles. The van der Waals surface area contributed by atoms with E-state index < -0.39 is 5.60 Å². The summed E-state index contributed by atoms with van der Waals surface area (Å²) in [6.45, 7) is 1.14. The zero-order chi connectivity index (χ0) is 18.0. The van der Waals surface area contributed by atoms with Crippen LogP contribution in [0, 0.1) is 0 Å². The molecule has 1 aliphatic heterocycles. The molecule has 1 aromatic heterocycles. The fourth-order valence-corrected chi connectivity index (χ4v) is 3.56. The van der Waals surface area contributed by atoms with Gasteiger partial charge in [-0.15, -0.1) is 0 Å². The second kappa shape index (κ2) is 7.09. The number of carbonyl (C=O) groups is 1. The Labute approximate surface area is 151 Å². The minimum atomic E-state index is -1.26. The molecule has 2 aliphatic rings. The normalized spacial score (nSPS) is 22.7. The van der Waals surface area contributed by atoms with E-state index in [0.29, 0.717) is 24.6 Å². The van der Waals surface area contributed by atoms with Gasteiger partial charge in [0.2, 0.25) is 0 Å². The highest BCUT2D eigenvalue weighted by molar-refractivity contribution is 5.94. The first kappa shape index (κ1) is 17.1. The van der Waals surface area contributed by atoms with Gasteiger partial charge < -0.3 is 19.5 Å². The SMILES string of the molecule is O=C(c1n[nH]c2c1CCC2)N1CCOC[C@@](O)(COc2ccccc2)C1. The maximum Gasteiger partial charge on any atom is 0.274 e. The number of nitrogens with one attached hydrogen (secondary N) is 1. The van der Waals surface area contributed by atoms with E-state index in [4.69, 9.17) is 9.47 Å². The van der Waals surface area contributed by atoms with E-state index in [1.807, 2.05) is 30.3 Å². The predicted octanol–water partition coefficient (Wildman–Crippen LogP) is 1.18. The van der Waals surface area contributed by atoms with Gasteiger partial charge in [0.1, 0.15) is 18.0 Å². The minimum absolute atomic E-state index is 0.0550. The lowest BCUT2D eigenvalue weighted by atomic mass is 10.1. The number of fused-ring (bicyclic) bond motifs is 1. The van der Waals surface area contributed by atoms with Gasteiger partial charge in [-0.2, -0.15) is 5.10 Å². The van der Waals surface area contributed by atoms with Crippen molar-refractivity contribution in [1.29, 1.82) is 0 Å². The molecule has 26 heavy (non-hydrogen) atoms. The van der Waals surface area contributed by atoms with Crippen molar-refractivity contribution in [2.45, 2.75) is 24.9 Å². The van der Waals surface area contributed by atoms with Crippen molar-refractivity contribution < 1.29 is 19.4 Å². The molecule has 7 nitrogen and oxygen atoms in total. The van der Waals surface area contributed by atoms with E-state index in [1.165, 1.54) is 0 Å². The molecule has 1 aromatic carbocycles. The summed E-state index contributed by atoms with van der Waals surface area (Å²) in [6.07, 6.45) is 2.86. The fourth-order valence-electron chi connectivity index (χ4n) is 3.56. The van der Waals surface area contributed by atoms with Crippen molar-refractivity contribution in [2.75, 3.05) is 32.9 Å². The van der Waals surface area contributed by atoms with Crippen LogP contribution in [0.25, 0.3) is 0 Å². The van der Waals surface area contributed by atoms with Crippen molar-refractivity contribution >= 4 is 5.91 Å². The van der Waals surface area contributed by atoms with Crippen LogP contribution < -0.4 is 4.74 Å². The molecule has 0 bridgehead atoms. The van der Waals surface area contributed by atoms with Crippen LogP contribution in [-0.2, 0) is 17.6 Å². The van der Waals surface area contributed by atoms with Crippen LogP contribution in [0.3, 0.4) is 0 Å². The van der Waals surface area contributed by atoms with Crippen molar-refractivity contribution in [3.05, 3.63) is 47.3 Å². The number of H-pyrrole nitrogens is 1. The number of nitrogens with zero attached hydrogens (tertiary/aromatic N) is 2. The number of hydrogen-bond donors (Lipinski definition) is 2. The molecule has 7 heteroatoms. The van der Waals surface area contributed by atoms with Crippen molar-refractivity contribution in [3.8, 4) is 5.75 Å². The van der Waals surface area contributed by atoms with E-state index in [1.54, 1.807) is 4.90 Å². The van der Waals surface area contributed by atoms with Crippen LogP contribution in [0.2, 0.25) is 0 Å². The first-order valence-electron chi connectivity index (χ1n) is 8.98. The third kappa shape index (κ3) is 3.45. The molecule has 0 spiro atoms. The Kier molecular flexibility index (Phi) is 4.65. The summed E-state index contributed by atoms with van der Waals surface area (Å²) in [5.41, 5.74) is 1.29. The molecular formula is C19H23N3O4. The van der Waals surface area contributed by atoms with Gasteiger partial charge in [0, 0.05) is 17.8 Å². The molecule has 1 atom stereocenters. The quantitative estimate of drug-likeness (QED) is 0.858. The monoisotopic (exact) mass is 357 g/mol. The molecular weight excluding hydrogens is 334 g/mol. The van der Waals surface area contributed by atoms with Crippen molar-refractivity contribution in [1.82, 2.24) is 15.1 Å². The molecule has 1 amide bonds. The lowest BCUT2D eigenvalue weighted by molar-refractivity contribution is -0.0621. The summed E-state index contributed by atoms with van der Waals surface area (Å²) in [4.78, 5) is 14.6. The summed E-state index contributed by atoms with van der Waals surface area (Å²) in [5.74, 6) is 0.515. The van der Waals surface area contributed by atoms with E-state index in [-0.39, 0.29) is 25.7 Å². The van der Waals surface area contributed by atoms with Crippen molar-refractivity contribution in [3.63, 3.8) is 0 Å². The van der Waals surface area contributed by atoms with E-state index in [0.717, 1.165) is 30.5 Å². The van der Waals surface area contributed by atoms with Gasteiger partial charge in [-0.25, -0.2) is 0 Å². The maximum atomic E-state index is 13.0. The van der Waals surface area contributed by atoms with Gasteiger partial charge in [-0.05, 0) is 31.4 Å². The van der Waals surface area contributed by atoms with Gasteiger partial charge in [0.15, 0.2) is 5.69 Å². The number of rotatable bonds is 4. The number of β-amino-alcohol motifs (C(OH)–C–C–N with tert-alkyl or cyclic N) is 1. The number of aromatic nitrogens is 2. The molecule has 4 rings (SSSR count). The molecule has 0 radical (unpaired) electrons. The number of aryl methyl sites for hydroxylation is 1. The molecule has 2 N–H and O–H groups in total. The smallest absolute Gasteiger partial charge is 0.274 e. The zero-order valence-corrected chi connectivity index (χ0v) is 14.6. The highest BCUT2D eigenvalue weighted by Crippen LogP contribution is 2.25. The summed E-state index contributed by atoms with van der Waals surface area (Å²) < 4.78 is 11.2. The Morgan fingerprint density at radius 3 is 3.04 bits per heavy atom. The number of hydrogen-bond acceptors (Lipinski definition) is 5. The zero-order valence-electron chi connectivity index (χ0n) is 14.6. The summed E-state index contributed by atoms with van der Waals surface area (Å²) >= 11 is 0. The number of ether oxygens (including phenoxy) is 2. The number of benzene rings is 1. The number of amides is 1. The van der Waals surface area contributed by atoms with Crippen LogP contribution in [0.5, 0.6) is 5.75 Å². The fraction of sp³-hybridized carbons (Fsp3) is 0.474. The summed E-state index contributed by atoms with van der Waals surface area (Å²) in [5, 5.41) is 18.1. The van der Waals surface area contributed by atoms with Crippen LogP contribution >= 0.6 is 0 Å². The largest absolute Gasteiger partial charge is 0.490 e. The Bertz CT molecular complexity index is 776. The molecule has 1 saturated heterocycles. The highest BCUT2D eigenvalue weighted by atomic mass is 16.5. The molecule has 2 aromatic rings. The highest BCUT2D eigenvalue weighted by Gasteiger charge is 2.37. The Morgan fingerprint density at radius 2 is 2.19 bits per heavy atom. The van der Waals surface area contributed by atoms with Gasteiger partial charge in [-0.1, -0.05) is 18.2 Å². The standard InChI is InChI=1S/C19H23N3O4/c23-18(17-15-7-4-8-16(15)20-21-17)22-9-10-25-12-19(24,11-22)13-26-14-5-2-1-3-6-14/h1-3,5-6,24H,4,7-13H2,(H,20,21)/t19-/m1/s1. The van der Waals surface area contributed by atoms with Gasteiger partial charge in [0.25, 0.3) is 5.91 Å². The molecule has 1 fully saturated rings. The van der Waals surface area contributed by atoms with E-state index >= 15 is 0 Å². The first-order chi connectivity index (χ1) is 12.6. The molecule has 1 aliphatic carbocycles. The lowest BCUT2D eigenvalue weighted by Gasteiger charge is -2.30. The molecule has 0 unspecified atom stereocenters. The van der Waals surface area contributed by atoms with Crippen LogP contribution in [0.15, 0.2) is 30.3 Å². The van der Waals surface area contributed by atoms with Crippen LogP contribution in [0.4, 0.5) is 0 Å². The second-order valence-electron chi connectivity index (χ2n) is 6.99. The Hall–Kier alpha value is -2.38. The Morgan fingerprint density at radius 1 is 1.35 bits per heavy atom. The van der Waals surface area contributed by atoms with Gasteiger partial charge in [0.05, 0.1) is 19.8 Å². The van der Waals surface area contributed by atoms with E-state index in [2.05, 4.69) is 10.2 Å². The Balaban J connectivity index is 1.47. The summed E-state index contributed by atoms with van der Waals surface area (Å²) in [7, 11) is 0. The first-order valence-corrected chi connectivity index (χ1v) is 8.98. The topological polar surface area (TPSA) is 87.7 Å². The van der Waals surface area contributed by atoms with Gasteiger partial charge >= 0.3 is 0 Å². The molecule has 2 heterocycles. The third-order valence-electron chi connectivity index (χ3n) is 4.91. The third-order valence-corrected chi connectivity index (χ3v) is 4.91. The lowest BCUT2D eigenvalue weighted by Crippen LogP contribution is -2.50. The van der Waals surface area contributed by atoms with Crippen LogP contribution in [0.1, 0.15) is 28.2 Å². The second-order valence-corrected chi connectivity index (χ2v) is 6.99. The number of carbonyl (C=O) groups excluding carboxylic acids is 1. The average Bonchev–Trinajstić information content (AvgIpc) is 3.21. The number of aliphatic hydroxyl groups is 1. The number of para-hydroxylation sites is 1.